The van der Waals surface area contributed by atoms with Gasteiger partial charge in [0.1, 0.15) is 0 Å². The second-order valence-electron chi connectivity index (χ2n) is 13.8. The summed E-state index contributed by atoms with van der Waals surface area (Å²) < 4.78 is 1.44. The molecule has 39 heavy (non-hydrogen) atoms. The van der Waals surface area contributed by atoms with E-state index in [9.17, 15) is 0 Å². The molecule has 0 saturated carbocycles. The van der Waals surface area contributed by atoms with Crippen LogP contribution in [0.5, 0.6) is 0 Å². The standard InChI is InChI=1S/2C17H24P.2ClH.Hf/c1-16(2,3)18(17(4,5)6)15-11-13-9-7-8-10-14(13)12-15;1-13(2)11-18(12-14(3)4)17-9-15-7-5-6-8-16(15)10-17;;;/h7-12H,1-6H3;5-10,13-14H,11-12H2,1-4H3;2*1H;/q;;;;+2/p-2. The summed E-state index contributed by atoms with van der Waals surface area (Å²) in [5, 5.41) is 4.29. The van der Waals surface area contributed by atoms with Gasteiger partial charge in [0.05, 0.1) is 0 Å². The summed E-state index contributed by atoms with van der Waals surface area (Å²) in [7, 11) is -0.372. The van der Waals surface area contributed by atoms with E-state index in [0.29, 0.717) is 14.0 Å². The summed E-state index contributed by atoms with van der Waals surface area (Å²) in [6, 6.07) is 18.8. The Bertz CT molecular complexity index is 1150. The summed E-state index contributed by atoms with van der Waals surface area (Å²) in [6.45, 7) is 24.7. The van der Waals surface area contributed by atoms with Gasteiger partial charge in [-0.2, -0.15) is 0 Å². The van der Waals surface area contributed by atoms with Crippen LogP contribution in [0.4, 0.5) is 0 Å². The van der Waals surface area contributed by atoms with Crippen LogP contribution in [0.1, 0.15) is 98.8 Å². The maximum absolute atomic E-state index is 2.67. The SMILES string of the molecule is CC(C)CP(CC(C)C)C1=Cc2ccccc2[CH]1[Hf+2][CH]1C(P(C(C)(C)C)C(C)(C)C)=Cc2ccccc21.[Cl-].[Cl-]. The number of hydrogen-bond acceptors (Lipinski definition) is 0. The van der Waals surface area contributed by atoms with E-state index in [1.165, 1.54) is 23.5 Å². The molecule has 0 spiro atoms. The molecule has 2 unspecified atom stereocenters. The molecule has 5 heteroatoms. The van der Waals surface area contributed by atoms with Gasteiger partial charge in [0.2, 0.25) is 0 Å². The fourth-order valence-corrected chi connectivity index (χ4v) is 24.7. The van der Waals surface area contributed by atoms with Gasteiger partial charge in [-0.25, -0.2) is 0 Å². The third kappa shape index (κ3) is 8.20. The van der Waals surface area contributed by atoms with Gasteiger partial charge in [0, 0.05) is 0 Å². The quantitative estimate of drug-likeness (QED) is 0.258. The molecule has 2 aliphatic carbocycles. The molecule has 2 aromatic carbocycles. The smallest absolute Gasteiger partial charge is 1.00 e. The third-order valence-electron chi connectivity index (χ3n) is 7.28. The Labute approximate surface area is 266 Å². The van der Waals surface area contributed by atoms with Crippen LogP contribution in [0.3, 0.4) is 0 Å². The fraction of sp³-hybridized carbons (Fsp3) is 0.529. The maximum atomic E-state index is 2.67. The van der Waals surface area contributed by atoms with E-state index >= 15 is 0 Å². The Hall–Kier alpha value is 0.230. The van der Waals surface area contributed by atoms with Crippen LogP contribution in [0.2, 0.25) is 0 Å². The number of hydrogen-bond donors (Lipinski definition) is 0. The van der Waals surface area contributed by atoms with Crippen LogP contribution in [-0.2, 0) is 22.9 Å². The van der Waals surface area contributed by atoms with Crippen LogP contribution >= 0.6 is 15.8 Å². The van der Waals surface area contributed by atoms with Gasteiger partial charge in [0.25, 0.3) is 0 Å². The Morgan fingerprint density at radius 3 is 1.44 bits per heavy atom. The largest absolute Gasteiger partial charge is 1.00 e. The van der Waals surface area contributed by atoms with Crippen molar-refractivity contribution in [3.05, 3.63) is 81.4 Å². The molecule has 2 aliphatic rings. The first-order valence-corrected chi connectivity index (χ1v) is 21.4. The Balaban J connectivity index is 0.00000267. The summed E-state index contributed by atoms with van der Waals surface area (Å²) in [4.78, 5) is 0. The van der Waals surface area contributed by atoms with Gasteiger partial charge in [-0.3, -0.25) is 0 Å². The van der Waals surface area contributed by atoms with Gasteiger partial charge in [-0.15, -0.1) is 0 Å². The first-order chi connectivity index (χ1) is 17.3. The average molecular weight is 768 g/mol. The van der Waals surface area contributed by atoms with E-state index in [1.54, 1.807) is 11.1 Å². The van der Waals surface area contributed by atoms with Crippen molar-refractivity contribution in [1.82, 2.24) is 0 Å². The molecule has 0 saturated heterocycles. The number of allylic oxidation sites excluding steroid dienone is 2. The van der Waals surface area contributed by atoms with Crippen LogP contribution in [0, 0.1) is 11.8 Å². The van der Waals surface area contributed by atoms with Crippen LogP contribution in [0.25, 0.3) is 12.2 Å². The van der Waals surface area contributed by atoms with Crippen molar-refractivity contribution < 1.29 is 47.7 Å². The van der Waals surface area contributed by atoms with Crippen molar-refractivity contribution in [3.8, 4) is 0 Å². The van der Waals surface area contributed by atoms with E-state index in [0.717, 1.165) is 15.5 Å². The molecule has 0 fully saturated rings. The molecule has 0 bridgehead atoms. The molecule has 4 rings (SSSR count). The van der Waals surface area contributed by atoms with Gasteiger partial charge in [0.15, 0.2) is 0 Å². The van der Waals surface area contributed by atoms with Crippen molar-refractivity contribution in [1.29, 1.82) is 0 Å². The molecule has 0 heterocycles. The van der Waals surface area contributed by atoms with Crippen molar-refractivity contribution in [2.24, 2.45) is 11.8 Å². The predicted octanol–water partition coefficient (Wildman–Crippen LogP) is 5.14. The number of rotatable bonds is 8. The van der Waals surface area contributed by atoms with E-state index in [4.69, 9.17) is 0 Å². The zero-order valence-corrected chi connectivity index (χ0v) is 32.5. The fourth-order valence-electron chi connectivity index (χ4n) is 6.55. The average Bonchev–Trinajstić information content (AvgIpc) is 3.30. The van der Waals surface area contributed by atoms with Crippen LogP contribution in [-0.4, -0.2) is 22.6 Å². The topological polar surface area (TPSA) is 0 Å². The first kappa shape index (κ1) is 35.4. The van der Waals surface area contributed by atoms with Crippen LogP contribution < -0.4 is 24.8 Å². The van der Waals surface area contributed by atoms with Crippen molar-refractivity contribution in [2.75, 3.05) is 12.3 Å². The van der Waals surface area contributed by atoms with Crippen molar-refractivity contribution >= 4 is 28.0 Å². The molecule has 0 amide bonds. The molecule has 0 radical (unpaired) electrons. The number of fused-ring (bicyclic) bond motifs is 2. The Kier molecular flexibility index (Phi) is 12.8. The summed E-state index contributed by atoms with van der Waals surface area (Å²) in [5.74, 6) is 1.53. The van der Waals surface area contributed by atoms with E-state index < -0.39 is 22.9 Å². The molecular formula is C34H48Cl2HfP2. The monoisotopic (exact) mass is 768 g/mol. The molecule has 0 N–H and O–H groups in total. The molecular weight excluding hydrogens is 720 g/mol. The van der Waals surface area contributed by atoms with E-state index in [-0.39, 0.29) is 40.7 Å². The van der Waals surface area contributed by atoms with Crippen molar-refractivity contribution in [2.45, 2.75) is 86.9 Å². The molecule has 2 atom stereocenters. The van der Waals surface area contributed by atoms with Gasteiger partial charge in [-0.05, 0) is 0 Å². The van der Waals surface area contributed by atoms with Gasteiger partial charge < -0.3 is 24.8 Å². The van der Waals surface area contributed by atoms with Crippen molar-refractivity contribution in [3.63, 3.8) is 0 Å². The minimum absolute atomic E-state index is 0. The van der Waals surface area contributed by atoms with Gasteiger partial charge >= 0.3 is 243 Å². The Morgan fingerprint density at radius 1 is 0.641 bits per heavy atom. The van der Waals surface area contributed by atoms with Crippen LogP contribution in [0.15, 0.2) is 59.2 Å². The molecule has 212 valence electrons. The van der Waals surface area contributed by atoms with Gasteiger partial charge in [-0.1, -0.05) is 0 Å². The first-order valence-electron chi connectivity index (χ1n) is 14.2. The zero-order valence-electron chi connectivity index (χ0n) is 25.6. The van der Waals surface area contributed by atoms with E-state index in [2.05, 4.69) is 130 Å². The number of benzene rings is 2. The molecule has 0 aliphatic heterocycles. The summed E-state index contributed by atoms with van der Waals surface area (Å²) in [6.07, 6.45) is 8.09. The molecule has 0 nitrogen and oxygen atoms in total. The summed E-state index contributed by atoms with van der Waals surface area (Å²) in [5.41, 5.74) is 6.36. The Morgan fingerprint density at radius 2 is 1.03 bits per heavy atom. The summed E-state index contributed by atoms with van der Waals surface area (Å²) >= 11 is -1.22. The molecule has 2 aromatic rings. The second-order valence-corrected chi connectivity index (χ2v) is 25.3. The predicted molar refractivity (Wildman–Crippen MR) is 167 cm³/mol. The zero-order chi connectivity index (χ0) is 27.1. The van der Waals surface area contributed by atoms with E-state index in [1.807, 2.05) is 10.6 Å². The molecule has 0 aromatic heterocycles. The number of halogens is 2. The maximum Gasteiger partial charge on any atom is -1.00 e. The minimum Gasteiger partial charge on any atom is -1.00 e. The minimum atomic E-state index is -1.22. The second kappa shape index (κ2) is 14.1. The third-order valence-corrected chi connectivity index (χ3v) is 22.9. The normalized spacial score (nSPS) is 18.4.